The maximum atomic E-state index is 12.6. The van der Waals surface area contributed by atoms with Gasteiger partial charge in [-0.05, 0) is 24.3 Å². The lowest BCUT2D eigenvalue weighted by atomic mass is 9.69. The fourth-order valence-corrected chi connectivity index (χ4v) is 5.21. The van der Waals surface area contributed by atoms with Gasteiger partial charge in [-0.1, -0.05) is 30.3 Å². The molecule has 0 saturated heterocycles. The van der Waals surface area contributed by atoms with Crippen LogP contribution in [-0.2, 0) is 24.4 Å². The van der Waals surface area contributed by atoms with Crippen LogP contribution in [0, 0.1) is 5.92 Å². The molecule has 1 aliphatic rings. The van der Waals surface area contributed by atoms with Gasteiger partial charge in [0.05, 0.1) is 35.9 Å². The Morgan fingerprint density at radius 3 is 2.56 bits per heavy atom. The molecule has 27 heavy (non-hydrogen) atoms. The fourth-order valence-electron chi connectivity index (χ4n) is 3.44. The van der Waals surface area contributed by atoms with Crippen molar-refractivity contribution in [3.8, 4) is 10.6 Å². The molecule has 2 heterocycles. The lowest BCUT2D eigenvalue weighted by Crippen LogP contribution is -2.30. The SMILES string of the molecule is O=C(Cc1nc(-c2sc(CO)nc2CO)cs1)C1CC(c2ccccc2)C1. The minimum Gasteiger partial charge on any atom is -0.390 e. The molecule has 1 aliphatic carbocycles. The van der Waals surface area contributed by atoms with Gasteiger partial charge in [-0.25, -0.2) is 9.97 Å². The first-order chi connectivity index (χ1) is 13.2. The normalized spacial score (nSPS) is 19.0. The summed E-state index contributed by atoms with van der Waals surface area (Å²) in [4.78, 5) is 22.1. The van der Waals surface area contributed by atoms with Crippen molar-refractivity contribution in [2.24, 2.45) is 5.92 Å². The van der Waals surface area contributed by atoms with E-state index in [0.717, 1.165) is 28.4 Å². The predicted octanol–water partition coefficient (Wildman–Crippen LogP) is 3.56. The molecule has 2 N–H and O–H groups in total. The third kappa shape index (κ3) is 3.87. The van der Waals surface area contributed by atoms with Crippen LogP contribution in [0.5, 0.6) is 0 Å². The third-order valence-electron chi connectivity index (χ3n) is 5.00. The number of aliphatic hydroxyl groups excluding tert-OH is 2. The van der Waals surface area contributed by atoms with E-state index < -0.39 is 0 Å². The van der Waals surface area contributed by atoms with E-state index in [1.165, 1.54) is 28.2 Å². The summed E-state index contributed by atoms with van der Waals surface area (Å²) in [5.74, 6) is 0.874. The number of carbonyl (C=O) groups is 1. The Hall–Kier alpha value is -1.93. The van der Waals surface area contributed by atoms with E-state index in [9.17, 15) is 15.0 Å². The summed E-state index contributed by atoms with van der Waals surface area (Å²) in [6.07, 6.45) is 2.20. The highest BCUT2D eigenvalue weighted by atomic mass is 32.1. The van der Waals surface area contributed by atoms with E-state index >= 15 is 0 Å². The second-order valence-electron chi connectivity index (χ2n) is 6.75. The smallest absolute Gasteiger partial charge is 0.142 e. The van der Waals surface area contributed by atoms with E-state index in [1.54, 1.807) is 0 Å². The van der Waals surface area contributed by atoms with Crippen LogP contribution in [0.15, 0.2) is 35.7 Å². The molecule has 0 aliphatic heterocycles. The highest BCUT2D eigenvalue weighted by Crippen LogP contribution is 2.42. The molecule has 7 heteroatoms. The zero-order valence-corrected chi connectivity index (χ0v) is 16.3. The monoisotopic (exact) mass is 400 g/mol. The minimum absolute atomic E-state index is 0.125. The number of Topliss-reactive ketones (excluding diaryl/α,β-unsaturated/α-hetero) is 1. The highest BCUT2D eigenvalue weighted by molar-refractivity contribution is 7.16. The number of nitrogens with zero attached hydrogens (tertiary/aromatic N) is 2. The second-order valence-corrected chi connectivity index (χ2v) is 8.77. The van der Waals surface area contributed by atoms with Gasteiger partial charge in [-0.2, -0.15) is 0 Å². The Balaban J connectivity index is 1.39. The minimum atomic E-state index is -0.194. The summed E-state index contributed by atoms with van der Waals surface area (Å²) in [7, 11) is 0. The second kappa shape index (κ2) is 7.98. The first-order valence-electron chi connectivity index (χ1n) is 8.90. The average Bonchev–Trinajstić information content (AvgIpc) is 3.27. The van der Waals surface area contributed by atoms with Gasteiger partial charge in [0.25, 0.3) is 0 Å². The molecule has 140 valence electrons. The zero-order chi connectivity index (χ0) is 18.8. The van der Waals surface area contributed by atoms with E-state index in [2.05, 4.69) is 22.1 Å². The Morgan fingerprint density at radius 1 is 1.07 bits per heavy atom. The molecule has 0 atom stereocenters. The topological polar surface area (TPSA) is 83.3 Å². The molecule has 0 amide bonds. The summed E-state index contributed by atoms with van der Waals surface area (Å²) < 4.78 is 0. The molecular weight excluding hydrogens is 380 g/mol. The predicted molar refractivity (Wildman–Crippen MR) is 106 cm³/mol. The van der Waals surface area contributed by atoms with Gasteiger partial charge in [-0.3, -0.25) is 4.79 Å². The number of aromatic nitrogens is 2. The van der Waals surface area contributed by atoms with Crippen molar-refractivity contribution in [1.82, 2.24) is 9.97 Å². The molecule has 0 bridgehead atoms. The Kier molecular flexibility index (Phi) is 5.45. The number of hydrogen-bond acceptors (Lipinski definition) is 7. The first kappa shape index (κ1) is 18.4. The third-order valence-corrected chi connectivity index (χ3v) is 6.95. The van der Waals surface area contributed by atoms with Gasteiger partial charge in [0.15, 0.2) is 0 Å². The highest BCUT2D eigenvalue weighted by Gasteiger charge is 2.35. The van der Waals surface area contributed by atoms with Crippen molar-refractivity contribution < 1.29 is 15.0 Å². The van der Waals surface area contributed by atoms with E-state index in [0.29, 0.717) is 23.0 Å². The molecule has 0 radical (unpaired) electrons. The van der Waals surface area contributed by atoms with Gasteiger partial charge in [-0.15, -0.1) is 22.7 Å². The number of thiazole rings is 2. The van der Waals surface area contributed by atoms with Gasteiger partial charge < -0.3 is 10.2 Å². The number of benzene rings is 1. The first-order valence-corrected chi connectivity index (χ1v) is 10.6. The molecular formula is C20H20N2O3S2. The van der Waals surface area contributed by atoms with Gasteiger partial charge in [0.1, 0.15) is 15.8 Å². The number of ketones is 1. The Labute approximate surface area is 165 Å². The number of hydrogen-bond donors (Lipinski definition) is 2. The quantitative estimate of drug-likeness (QED) is 0.634. The van der Waals surface area contributed by atoms with Gasteiger partial charge in [0.2, 0.25) is 0 Å². The van der Waals surface area contributed by atoms with Crippen LogP contribution in [0.4, 0.5) is 0 Å². The fraction of sp³-hybridized carbons (Fsp3) is 0.350. The van der Waals surface area contributed by atoms with Crippen LogP contribution in [-0.4, -0.2) is 26.0 Å². The molecule has 5 nitrogen and oxygen atoms in total. The molecule has 0 unspecified atom stereocenters. The van der Waals surface area contributed by atoms with Crippen molar-refractivity contribution in [3.63, 3.8) is 0 Å². The van der Waals surface area contributed by atoms with Crippen molar-refractivity contribution in [2.45, 2.75) is 38.4 Å². The summed E-state index contributed by atoms with van der Waals surface area (Å²) in [5, 5.41) is 21.9. The average molecular weight is 401 g/mol. The molecule has 1 saturated carbocycles. The van der Waals surface area contributed by atoms with Crippen LogP contribution in [0.1, 0.15) is 40.0 Å². The number of rotatable bonds is 7. The molecule has 1 fully saturated rings. The van der Waals surface area contributed by atoms with Crippen LogP contribution in [0.25, 0.3) is 10.6 Å². The maximum Gasteiger partial charge on any atom is 0.142 e. The molecule has 1 aromatic carbocycles. The van der Waals surface area contributed by atoms with Crippen molar-refractivity contribution >= 4 is 28.5 Å². The number of carbonyl (C=O) groups excluding carboxylic acids is 1. The van der Waals surface area contributed by atoms with Crippen molar-refractivity contribution in [2.75, 3.05) is 0 Å². The van der Waals surface area contributed by atoms with E-state index in [-0.39, 0.29) is 24.9 Å². The van der Waals surface area contributed by atoms with Crippen LogP contribution < -0.4 is 0 Å². The van der Waals surface area contributed by atoms with Crippen LogP contribution in [0.2, 0.25) is 0 Å². The maximum absolute atomic E-state index is 12.6. The molecule has 2 aromatic heterocycles. The van der Waals surface area contributed by atoms with Crippen molar-refractivity contribution in [3.05, 3.63) is 57.0 Å². The van der Waals surface area contributed by atoms with Crippen molar-refractivity contribution in [1.29, 1.82) is 0 Å². The van der Waals surface area contributed by atoms with Crippen LogP contribution >= 0.6 is 22.7 Å². The van der Waals surface area contributed by atoms with Crippen LogP contribution in [0.3, 0.4) is 0 Å². The summed E-state index contributed by atoms with van der Waals surface area (Å²) in [6.45, 7) is -0.349. The van der Waals surface area contributed by atoms with Gasteiger partial charge in [0, 0.05) is 11.3 Å². The molecule has 0 spiro atoms. The molecule has 4 rings (SSSR count). The summed E-state index contributed by atoms with van der Waals surface area (Å²) >= 11 is 2.79. The standard InChI is InChI=1S/C20H20N2O3S2/c23-9-15-20(27-19(10-24)21-15)16-11-26-18(22-16)8-17(25)14-6-13(7-14)12-4-2-1-3-5-12/h1-5,11,13-14,23-24H,6-10H2. The Morgan fingerprint density at radius 2 is 1.85 bits per heavy atom. The molecule has 3 aromatic rings. The van der Waals surface area contributed by atoms with E-state index in [1.807, 2.05) is 23.6 Å². The Bertz CT molecular complexity index is 930. The lowest BCUT2D eigenvalue weighted by molar-refractivity contribution is -0.125. The van der Waals surface area contributed by atoms with E-state index in [4.69, 9.17) is 0 Å². The lowest BCUT2D eigenvalue weighted by Gasteiger charge is -2.34. The number of aliphatic hydroxyl groups is 2. The largest absolute Gasteiger partial charge is 0.390 e. The zero-order valence-electron chi connectivity index (χ0n) is 14.7. The van der Waals surface area contributed by atoms with Gasteiger partial charge >= 0.3 is 0 Å². The summed E-state index contributed by atoms with van der Waals surface area (Å²) in [5.41, 5.74) is 2.57. The summed E-state index contributed by atoms with van der Waals surface area (Å²) in [6, 6.07) is 10.4.